The fourth-order valence-corrected chi connectivity index (χ4v) is 3.50. The number of hydrogen-bond acceptors (Lipinski definition) is 4. The van der Waals surface area contributed by atoms with Gasteiger partial charge >= 0.3 is 0 Å². The van der Waals surface area contributed by atoms with Crippen molar-refractivity contribution in [2.45, 2.75) is 38.2 Å². The summed E-state index contributed by atoms with van der Waals surface area (Å²) in [6.45, 7) is 4.94. The molecule has 6 nitrogen and oxygen atoms in total. The van der Waals surface area contributed by atoms with Crippen LogP contribution in [-0.4, -0.2) is 66.7 Å². The molecule has 2 saturated heterocycles. The molecular formula is C18H24N2O4. The highest BCUT2D eigenvalue weighted by molar-refractivity contribution is 5.86. The molecule has 2 aliphatic heterocycles. The highest BCUT2D eigenvalue weighted by Crippen LogP contribution is 2.30. The molecule has 2 amide bonds. The summed E-state index contributed by atoms with van der Waals surface area (Å²) >= 11 is 0. The fourth-order valence-electron chi connectivity index (χ4n) is 3.50. The Labute approximate surface area is 142 Å². The van der Waals surface area contributed by atoms with Gasteiger partial charge in [0.15, 0.2) is 6.10 Å². The minimum atomic E-state index is -0.687. The molecule has 0 radical (unpaired) electrons. The Balaban J connectivity index is 1.86. The standard InChI is InChI=1S/C18H24N2O4/c1-12-9-20(10-13(2)24-12)18(22)17-16(14-7-5-4-6-8-14)19(3)15(21)11-23-17/h4-8,12-13,16-17H,9-11H2,1-3H3/t12-,13+,16-,17-/m1/s1. The molecule has 3 rings (SSSR count). The lowest BCUT2D eigenvalue weighted by atomic mass is 9.97. The second-order valence-electron chi connectivity index (χ2n) is 6.59. The molecular weight excluding hydrogens is 308 g/mol. The molecule has 0 unspecified atom stereocenters. The monoisotopic (exact) mass is 332 g/mol. The number of carbonyl (C=O) groups excluding carboxylic acids is 2. The molecule has 4 atom stereocenters. The van der Waals surface area contributed by atoms with Gasteiger partial charge < -0.3 is 19.3 Å². The van der Waals surface area contributed by atoms with E-state index in [0.717, 1.165) is 5.56 Å². The maximum absolute atomic E-state index is 13.1. The maximum atomic E-state index is 13.1. The zero-order valence-electron chi connectivity index (χ0n) is 14.3. The molecule has 0 bridgehead atoms. The third kappa shape index (κ3) is 3.30. The highest BCUT2D eigenvalue weighted by Gasteiger charge is 2.42. The number of morpholine rings is 2. The van der Waals surface area contributed by atoms with E-state index >= 15 is 0 Å². The van der Waals surface area contributed by atoms with E-state index in [1.165, 1.54) is 0 Å². The lowest BCUT2D eigenvalue weighted by Gasteiger charge is -2.42. The van der Waals surface area contributed by atoms with Crippen molar-refractivity contribution < 1.29 is 19.1 Å². The number of carbonyl (C=O) groups is 2. The second kappa shape index (κ2) is 6.91. The fraction of sp³-hybridized carbons (Fsp3) is 0.556. The van der Waals surface area contributed by atoms with Crippen molar-refractivity contribution >= 4 is 11.8 Å². The number of hydrogen-bond donors (Lipinski definition) is 0. The van der Waals surface area contributed by atoms with Crippen LogP contribution in [0.15, 0.2) is 30.3 Å². The van der Waals surface area contributed by atoms with Crippen LogP contribution in [0.4, 0.5) is 0 Å². The summed E-state index contributed by atoms with van der Waals surface area (Å²) < 4.78 is 11.4. The molecule has 0 aliphatic carbocycles. The molecule has 0 N–H and O–H groups in total. The van der Waals surface area contributed by atoms with Crippen molar-refractivity contribution in [2.75, 3.05) is 26.7 Å². The van der Waals surface area contributed by atoms with E-state index in [1.807, 2.05) is 44.2 Å². The summed E-state index contributed by atoms with van der Waals surface area (Å²) in [6, 6.07) is 9.16. The summed E-state index contributed by atoms with van der Waals surface area (Å²) in [6.07, 6.45) is -0.695. The number of likely N-dealkylation sites (N-methyl/N-ethyl adjacent to an activating group) is 1. The second-order valence-corrected chi connectivity index (χ2v) is 6.59. The Hall–Kier alpha value is -1.92. The van der Waals surface area contributed by atoms with Gasteiger partial charge in [-0.15, -0.1) is 0 Å². The molecule has 2 heterocycles. The molecule has 24 heavy (non-hydrogen) atoms. The molecule has 0 aromatic heterocycles. The molecule has 130 valence electrons. The third-order valence-corrected chi connectivity index (χ3v) is 4.60. The van der Waals surface area contributed by atoms with Gasteiger partial charge in [-0.1, -0.05) is 30.3 Å². The number of rotatable bonds is 2. The van der Waals surface area contributed by atoms with Crippen LogP contribution in [0.1, 0.15) is 25.5 Å². The Morgan fingerprint density at radius 3 is 2.38 bits per heavy atom. The zero-order chi connectivity index (χ0) is 17.3. The van der Waals surface area contributed by atoms with Gasteiger partial charge in [-0.3, -0.25) is 9.59 Å². The smallest absolute Gasteiger partial charge is 0.254 e. The number of nitrogens with zero attached hydrogens (tertiary/aromatic N) is 2. The van der Waals surface area contributed by atoms with Crippen molar-refractivity contribution in [1.29, 1.82) is 0 Å². The Kier molecular flexibility index (Phi) is 4.87. The zero-order valence-corrected chi connectivity index (χ0v) is 14.3. The van der Waals surface area contributed by atoms with Crippen molar-refractivity contribution in [1.82, 2.24) is 9.80 Å². The van der Waals surface area contributed by atoms with Crippen molar-refractivity contribution in [3.8, 4) is 0 Å². The maximum Gasteiger partial charge on any atom is 0.254 e. The van der Waals surface area contributed by atoms with Crippen LogP contribution in [0.2, 0.25) is 0 Å². The first-order valence-electron chi connectivity index (χ1n) is 8.34. The van der Waals surface area contributed by atoms with E-state index in [4.69, 9.17) is 9.47 Å². The SMILES string of the molecule is C[C@@H]1CN(C(=O)[C@@H]2OCC(=O)N(C)[C@@H]2c2ccccc2)C[C@H](C)O1. The normalized spacial score (nSPS) is 31.2. The van der Waals surface area contributed by atoms with Crippen molar-refractivity contribution in [2.24, 2.45) is 0 Å². The van der Waals surface area contributed by atoms with Crippen LogP contribution in [0.5, 0.6) is 0 Å². The Morgan fingerprint density at radius 2 is 1.75 bits per heavy atom. The molecule has 0 spiro atoms. The quantitative estimate of drug-likeness (QED) is 0.817. The molecule has 2 fully saturated rings. The van der Waals surface area contributed by atoms with E-state index in [2.05, 4.69) is 0 Å². The first-order valence-corrected chi connectivity index (χ1v) is 8.34. The largest absolute Gasteiger partial charge is 0.372 e. The van der Waals surface area contributed by atoms with Crippen molar-refractivity contribution in [3.05, 3.63) is 35.9 Å². The van der Waals surface area contributed by atoms with Crippen LogP contribution >= 0.6 is 0 Å². The molecule has 2 aliphatic rings. The lowest BCUT2D eigenvalue weighted by molar-refractivity contribution is -0.173. The average Bonchev–Trinajstić information content (AvgIpc) is 2.56. The minimum Gasteiger partial charge on any atom is -0.372 e. The van der Waals surface area contributed by atoms with Gasteiger partial charge in [0, 0.05) is 20.1 Å². The lowest BCUT2D eigenvalue weighted by Crippen LogP contribution is -2.57. The number of ether oxygens (including phenoxy) is 2. The van der Waals surface area contributed by atoms with Gasteiger partial charge in [0.05, 0.1) is 18.2 Å². The summed E-state index contributed by atoms with van der Waals surface area (Å²) in [4.78, 5) is 28.6. The van der Waals surface area contributed by atoms with Crippen molar-refractivity contribution in [3.63, 3.8) is 0 Å². The Bertz CT molecular complexity index is 596. The van der Waals surface area contributed by atoms with Gasteiger partial charge in [-0.25, -0.2) is 0 Å². The van der Waals surface area contributed by atoms with E-state index in [9.17, 15) is 9.59 Å². The first-order chi connectivity index (χ1) is 11.5. The van der Waals surface area contributed by atoms with Crippen LogP contribution in [0.3, 0.4) is 0 Å². The average molecular weight is 332 g/mol. The summed E-state index contributed by atoms with van der Waals surface area (Å²) in [5.41, 5.74) is 0.903. The summed E-state index contributed by atoms with van der Waals surface area (Å²) in [7, 11) is 1.73. The number of benzene rings is 1. The van der Waals surface area contributed by atoms with Crippen LogP contribution in [0, 0.1) is 0 Å². The first kappa shape index (κ1) is 16.9. The van der Waals surface area contributed by atoms with E-state index in [0.29, 0.717) is 13.1 Å². The third-order valence-electron chi connectivity index (χ3n) is 4.60. The van der Waals surface area contributed by atoms with E-state index in [-0.39, 0.29) is 30.6 Å². The van der Waals surface area contributed by atoms with Gasteiger partial charge in [-0.05, 0) is 19.4 Å². The highest BCUT2D eigenvalue weighted by atomic mass is 16.5. The van der Waals surface area contributed by atoms with E-state index in [1.54, 1.807) is 16.8 Å². The predicted octanol–water partition coefficient (Wildman–Crippen LogP) is 1.22. The molecule has 1 aromatic carbocycles. The predicted molar refractivity (Wildman–Crippen MR) is 88.3 cm³/mol. The molecule has 1 aromatic rings. The Morgan fingerprint density at radius 1 is 1.12 bits per heavy atom. The van der Waals surface area contributed by atoms with Gasteiger partial charge in [0.2, 0.25) is 5.91 Å². The summed E-state index contributed by atoms with van der Waals surface area (Å²) in [5.74, 6) is -0.193. The number of amides is 2. The van der Waals surface area contributed by atoms with Crippen LogP contribution < -0.4 is 0 Å². The molecule has 6 heteroatoms. The van der Waals surface area contributed by atoms with Crippen LogP contribution in [0.25, 0.3) is 0 Å². The van der Waals surface area contributed by atoms with Gasteiger partial charge in [-0.2, -0.15) is 0 Å². The topological polar surface area (TPSA) is 59.1 Å². The summed E-state index contributed by atoms with van der Waals surface area (Å²) in [5, 5.41) is 0. The van der Waals surface area contributed by atoms with Gasteiger partial charge in [0.25, 0.3) is 5.91 Å². The molecule has 0 saturated carbocycles. The van der Waals surface area contributed by atoms with Crippen LogP contribution in [-0.2, 0) is 19.1 Å². The van der Waals surface area contributed by atoms with Gasteiger partial charge in [0.1, 0.15) is 6.61 Å². The minimum absolute atomic E-state index is 0.00386. The van der Waals surface area contributed by atoms with E-state index < -0.39 is 12.1 Å².